The summed E-state index contributed by atoms with van der Waals surface area (Å²) in [5.74, 6) is 0. The van der Waals surface area contributed by atoms with E-state index in [0.29, 0.717) is 0 Å². The van der Waals surface area contributed by atoms with Gasteiger partial charge in [-0.25, -0.2) is 5.26 Å². The lowest BCUT2D eigenvalue weighted by atomic mass is 9.77. The molecule has 11 heteroatoms. The van der Waals surface area contributed by atoms with Crippen LogP contribution >= 0.6 is 23.6 Å². The second kappa shape index (κ2) is 13.2. The van der Waals surface area contributed by atoms with Gasteiger partial charge >= 0.3 is 0 Å². The Kier molecular flexibility index (Phi) is 9.28. The molecular weight excluding hydrogens is 704 g/mol. The van der Waals surface area contributed by atoms with E-state index >= 15 is 0 Å². The third kappa shape index (κ3) is 6.14. The molecule has 1 aliphatic carbocycles. The normalized spacial score (nSPS) is 20.8. The minimum Gasteiger partial charge on any atom is -0.370 e. The summed E-state index contributed by atoms with van der Waals surface area (Å²) < 4.78 is 40.1. The topological polar surface area (TPSA) is 99.3 Å². The molecule has 1 atom stereocenters. The van der Waals surface area contributed by atoms with Crippen LogP contribution in [0.3, 0.4) is 0 Å². The molecule has 3 aliphatic rings. The number of benzene rings is 4. The minimum atomic E-state index is -4.29. The zero-order valence-corrected chi connectivity index (χ0v) is 31.9. The van der Waals surface area contributed by atoms with Crippen LogP contribution in [0.1, 0.15) is 64.5 Å². The maximum absolute atomic E-state index is 11.8. The van der Waals surface area contributed by atoms with Crippen LogP contribution in [0.4, 0.5) is 11.4 Å². The molecule has 7 rings (SSSR count). The third-order valence-electron chi connectivity index (χ3n) is 11.2. The summed E-state index contributed by atoms with van der Waals surface area (Å²) in [6.07, 6.45) is 10.4. The summed E-state index contributed by atoms with van der Waals surface area (Å²) in [6.45, 7) is 9.02. The Balaban J connectivity index is 1.15. The van der Waals surface area contributed by atoms with E-state index in [1.54, 1.807) is 6.07 Å². The quantitative estimate of drug-likeness (QED) is 0.0605. The zero-order chi connectivity index (χ0) is 36.5. The Hall–Kier alpha value is -3.48. The van der Waals surface area contributed by atoms with E-state index in [4.69, 9.17) is 16.9 Å². The van der Waals surface area contributed by atoms with Crippen molar-refractivity contribution >= 4 is 72.4 Å². The average Bonchev–Trinajstić information content (AvgIpc) is 3.41. The molecule has 0 saturated heterocycles. The Labute approximate surface area is 308 Å². The molecule has 0 radical (unpaired) electrons. The maximum Gasteiger partial charge on any atom is 0.294 e. The van der Waals surface area contributed by atoms with E-state index in [1.165, 1.54) is 39.6 Å². The smallest absolute Gasteiger partial charge is 0.294 e. The lowest BCUT2D eigenvalue weighted by Crippen LogP contribution is -2.39. The van der Waals surface area contributed by atoms with Crippen molar-refractivity contribution in [3.05, 3.63) is 106 Å². The summed E-state index contributed by atoms with van der Waals surface area (Å²) >= 11 is 8.14. The highest BCUT2D eigenvalue weighted by Crippen LogP contribution is 2.50. The highest BCUT2D eigenvalue weighted by molar-refractivity contribution is 7.94. The van der Waals surface area contributed by atoms with Gasteiger partial charge < -0.3 is 4.90 Å². The highest BCUT2D eigenvalue weighted by atomic mass is 35.5. The van der Waals surface area contributed by atoms with Gasteiger partial charge in [0.25, 0.3) is 10.1 Å². The maximum atomic E-state index is 11.8. The van der Waals surface area contributed by atoms with E-state index in [2.05, 4.69) is 103 Å². The first kappa shape index (κ1) is 35.9. The Morgan fingerprint density at radius 2 is 1.69 bits per heavy atom. The van der Waals surface area contributed by atoms with Crippen molar-refractivity contribution in [3.8, 4) is 0 Å². The number of fused-ring (bicyclic) bond motifs is 6. The first-order valence-corrected chi connectivity index (χ1v) is 19.6. The number of hydrogen-bond donors (Lipinski definition) is 2. The van der Waals surface area contributed by atoms with Gasteiger partial charge in [0.2, 0.25) is 5.69 Å². The lowest BCUT2D eigenvalue weighted by molar-refractivity contribution is -0.432. The Morgan fingerprint density at radius 1 is 0.980 bits per heavy atom. The molecule has 4 aromatic carbocycles. The average molecular weight is 746 g/mol. The molecule has 1 unspecified atom stereocenters. The first-order chi connectivity index (χ1) is 24.1. The van der Waals surface area contributed by atoms with Gasteiger partial charge in [0, 0.05) is 51.8 Å². The van der Waals surface area contributed by atoms with Crippen LogP contribution in [0.15, 0.2) is 105 Å². The molecule has 8 nitrogen and oxygen atoms in total. The Morgan fingerprint density at radius 3 is 2.43 bits per heavy atom. The molecule has 0 spiro atoms. The first-order valence-electron chi connectivity index (χ1n) is 17.0. The van der Waals surface area contributed by atoms with Crippen molar-refractivity contribution in [2.75, 3.05) is 19.0 Å². The van der Waals surface area contributed by atoms with E-state index in [-0.39, 0.29) is 21.8 Å². The van der Waals surface area contributed by atoms with Gasteiger partial charge in [-0.05, 0) is 114 Å². The van der Waals surface area contributed by atoms with Crippen LogP contribution in [0.2, 0.25) is 0 Å². The van der Waals surface area contributed by atoms with Gasteiger partial charge in [-0.1, -0.05) is 60.8 Å². The molecule has 2 aliphatic heterocycles. The van der Waals surface area contributed by atoms with E-state index in [9.17, 15) is 13.0 Å². The van der Waals surface area contributed by atoms with Crippen molar-refractivity contribution < 1.29 is 32.2 Å². The van der Waals surface area contributed by atoms with Gasteiger partial charge in [-0.3, -0.25) is 4.55 Å². The van der Waals surface area contributed by atoms with Crippen molar-refractivity contribution in [1.82, 2.24) is 0 Å². The third-order valence-corrected chi connectivity index (χ3v) is 13.1. The van der Waals surface area contributed by atoms with Crippen molar-refractivity contribution in [1.29, 1.82) is 0 Å². The minimum absolute atomic E-state index is 0.0979. The number of halogens is 1. The van der Waals surface area contributed by atoms with E-state index in [0.717, 1.165) is 75.1 Å². The second-order valence-corrected chi connectivity index (χ2v) is 17.4. The molecule has 0 bridgehead atoms. The summed E-state index contributed by atoms with van der Waals surface area (Å²) in [7, 11) is -0.0475. The molecule has 51 heavy (non-hydrogen) atoms. The van der Waals surface area contributed by atoms with Crippen LogP contribution < -0.4 is 4.90 Å². The number of allylic oxidation sites excluding steroid dienone is 5. The zero-order valence-electron chi connectivity index (χ0n) is 29.5. The molecule has 0 saturated carbocycles. The molecule has 2 heterocycles. The highest BCUT2D eigenvalue weighted by Gasteiger charge is 2.45. The van der Waals surface area contributed by atoms with Crippen LogP contribution in [0, 0.1) is 0 Å². The fourth-order valence-electron chi connectivity index (χ4n) is 8.71. The van der Waals surface area contributed by atoms with Gasteiger partial charge in [-0.15, -0.1) is 4.33 Å². The second-order valence-electron chi connectivity index (χ2n) is 14.8. The van der Waals surface area contributed by atoms with Crippen LogP contribution in [0.25, 0.3) is 21.5 Å². The monoisotopic (exact) mass is 745 g/mol. The van der Waals surface area contributed by atoms with Crippen molar-refractivity contribution in [3.63, 3.8) is 0 Å². The van der Waals surface area contributed by atoms with E-state index in [1.807, 2.05) is 24.3 Å². The van der Waals surface area contributed by atoms with Gasteiger partial charge in [0.1, 0.15) is 7.05 Å². The summed E-state index contributed by atoms with van der Waals surface area (Å²) in [6, 6.07) is 19.3. The van der Waals surface area contributed by atoms with Gasteiger partial charge in [-0.2, -0.15) is 13.0 Å². The van der Waals surface area contributed by atoms with Crippen molar-refractivity contribution in [2.24, 2.45) is 0 Å². The van der Waals surface area contributed by atoms with Gasteiger partial charge in [0.15, 0.2) is 5.71 Å². The van der Waals surface area contributed by atoms with Crippen LogP contribution in [-0.2, 0) is 30.3 Å². The SMILES string of the molecule is CN1c2ccc3cc(S(=O)(=O)O)ccc3c2C(C)(C)C1CC=C1CCCC(/C=C/C2=[N+](C)c3ccc4cc(SOOO)ccc4c3C2(C)C)=C1Cl. The summed E-state index contributed by atoms with van der Waals surface area (Å²) in [5, 5.41) is 17.2. The molecule has 4 aromatic rings. The predicted molar refractivity (Wildman–Crippen MR) is 206 cm³/mol. The molecule has 0 aromatic heterocycles. The fourth-order valence-corrected chi connectivity index (χ4v) is 9.96. The lowest BCUT2D eigenvalue weighted by Gasteiger charge is -2.32. The number of rotatable bonds is 8. The molecule has 0 amide bonds. The number of anilines is 1. The van der Waals surface area contributed by atoms with Crippen molar-refractivity contribution in [2.45, 2.75) is 80.0 Å². The molecule has 0 fully saturated rings. The largest absolute Gasteiger partial charge is 0.370 e. The summed E-state index contributed by atoms with van der Waals surface area (Å²) in [5.41, 5.74) is 7.76. The number of nitrogens with zero attached hydrogens (tertiary/aromatic N) is 2. The fraction of sp³-hybridized carbons (Fsp3) is 0.325. The van der Waals surface area contributed by atoms with Crippen LogP contribution in [0.5, 0.6) is 0 Å². The molecule has 2 N–H and O–H groups in total. The number of likely N-dealkylation sites (N-methyl/N-ethyl adjacent to an activating group) is 1. The molecule has 266 valence electrons. The van der Waals surface area contributed by atoms with Gasteiger partial charge in [0.05, 0.1) is 22.4 Å². The molecular formula is C40H42ClN2O6S2+. The summed E-state index contributed by atoms with van der Waals surface area (Å²) in [4.78, 5) is 3.06. The number of hydrogen-bond acceptors (Lipinski definition) is 7. The predicted octanol–water partition coefficient (Wildman–Crippen LogP) is 10.0. The standard InChI is InChI=1S/C40H41ClN2O6S2/c1-39(2)34(42(5)32-18-10-26-22-28(50-49-48-44)14-16-30(26)36(32)39)20-12-24-8-7-9-25(38(24)41)13-21-35-40(3,4)37-31-17-15-29(51(45,46)47)23-27(31)11-19-33(37)43(35)6/h10-20,22-23,35H,7-9,21H2,1-6H3,(H-,44,45,46,47)/p+1/b20-12+,25-13?. The van der Waals surface area contributed by atoms with Crippen LogP contribution in [-0.4, -0.2) is 48.7 Å². The van der Waals surface area contributed by atoms with E-state index < -0.39 is 10.1 Å². The Bertz CT molecular complexity index is 2340.